The summed E-state index contributed by atoms with van der Waals surface area (Å²) in [6.07, 6.45) is 0.932. The number of anilines is 1. The minimum absolute atomic E-state index is 0.225. The predicted octanol–water partition coefficient (Wildman–Crippen LogP) is 1.21. The Bertz CT molecular complexity index is 413. The summed E-state index contributed by atoms with van der Waals surface area (Å²) < 4.78 is 10.4. The van der Waals surface area contributed by atoms with E-state index in [1.807, 2.05) is 0 Å². The zero-order valence-electron chi connectivity index (χ0n) is 10.2. The molecule has 0 aliphatic carbocycles. The van der Waals surface area contributed by atoms with E-state index in [1.54, 1.807) is 0 Å². The van der Waals surface area contributed by atoms with Crippen molar-refractivity contribution in [1.82, 2.24) is 4.98 Å². The van der Waals surface area contributed by atoms with Crippen LogP contribution in [0.4, 0.5) is 5.13 Å². The molecule has 1 saturated heterocycles. The molecule has 2 heterocycles. The molecular weight excluding hydrogens is 256 g/mol. The fourth-order valence-electron chi connectivity index (χ4n) is 1.81. The maximum atomic E-state index is 11.1. The van der Waals surface area contributed by atoms with Crippen LogP contribution in [0.25, 0.3) is 0 Å². The van der Waals surface area contributed by atoms with Crippen LogP contribution in [0.15, 0.2) is 0 Å². The monoisotopic (exact) mass is 272 g/mol. The molecule has 6 nitrogen and oxygen atoms in total. The lowest BCUT2D eigenvalue weighted by Crippen LogP contribution is -2.25. The van der Waals surface area contributed by atoms with Gasteiger partial charge in [-0.2, -0.15) is 0 Å². The molecule has 0 saturated carbocycles. The van der Waals surface area contributed by atoms with E-state index in [0.29, 0.717) is 12.3 Å². The number of carboxylic acids is 1. The third-order valence-corrected chi connectivity index (χ3v) is 3.80. The van der Waals surface area contributed by atoms with E-state index in [0.717, 1.165) is 31.2 Å². The first-order chi connectivity index (χ1) is 8.72. The zero-order valence-corrected chi connectivity index (χ0v) is 11.0. The number of aromatic carboxylic acids is 1. The molecule has 1 aliphatic heterocycles. The number of hydrogen-bond acceptors (Lipinski definition) is 6. The highest BCUT2D eigenvalue weighted by molar-refractivity contribution is 7.17. The summed E-state index contributed by atoms with van der Waals surface area (Å²) in [6, 6.07) is 0. The molecule has 0 spiro atoms. The third kappa shape index (κ3) is 2.98. The van der Waals surface area contributed by atoms with Crippen LogP contribution in [0.5, 0.6) is 0 Å². The van der Waals surface area contributed by atoms with Crippen LogP contribution in [-0.2, 0) is 16.1 Å². The van der Waals surface area contributed by atoms with Crippen molar-refractivity contribution in [1.29, 1.82) is 0 Å². The van der Waals surface area contributed by atoms with Crippen molar-refractivity contribution in [2.75, 3.05) is 38.3 Å². The van der Waals surface area contributed by atoms with E-state index in [9.17, 15) is 4.79 Å². The lowest BCUT2D eigenvalue weighted by molar-refractivity contribution is 0.0697. The predicted molar refractivity (Wildman–Crippen MR) is 67.4 cm³/mol. The van der Waals surface area contributed by atoms with Crippen molar-refractivity contribution in [3.8, 4) is 0 Å². The fraction of sp³-hybridized carbons (Fsp3) is 0.636. The van der Waals surface area contributed by atoms with E-state index in [4.69, 9.17) is 14.6 Å². The van der Waals surface area contributed by atoms with Gasteiger partial charge < -0.3 is 19.5 Å². The van der Waals surface area contributed by atoms with Gasteiger partial charge >= 0.3 is 5.97 Å². The average molecular weight is 272 g/mol. The summed E-state index contributed by atoms with van der Waals surface area (Å²) in [6.45, 7) is 3.22. The molecule has 100 valence electrons. The molecule has 1 N–H and O–H groups in total. The van der Waals surface area contributed by atoms with Gasteiger partial charge in [0, 0.05) is 26.8 Å². The standard InChI is InChI=1S/C11H16N2O4S/c1-16-7-8-9(10(14)15)18-11(12-8)13-3-2-5-17-6-4-13/h2-7H2,1H3,(H,14,15). The summed E-state index contributed by atoms with van der Waals surface area (Å²) in [5.74, 6) is -0.947. The Kier molecular flexibility index (Phi) is 4.51. The normalized spacial score (nSPS) is 16.6. The van der Waals surface area contributed by atoms with Gasteiger partial charge in [-0.05, 0) is 6.42 Å². The van der Waals surface area contributed by atoms with Crippen LogP contribution in [0.2, 0.25) is 0 Å². The summed E-state index contributed by atoms with van der Waals surface area (Å²) in [4.78, 5) is 17.8. The molecule has 0 aromatic carbocycles. The molecule has 0 amide bonds. The molecule has 0 unspecified atom stereocenters. The lowest BCUT2D eigenvalue weighted by Gasteiger charge is -2.17. The van der Waals surface area contributed by atoms with Gasteiger partial charge in [-0.1, -0.05) is 11.3 Å². The van der Waals surface area contributed by atoms with Gasteiger partial charge in [0.25, 0.3) is 0 Å². The van der Waals surface area contributed by atoms with Gasteiger partial charge in [-0.3, -0.25) is 0 Å². The van der Waals surface area contributed by atoms with Crippen molar-refractivity contribution in [2.24, 2.45) is 0 Å². The average Bonchev–Trinajstić information content (AvgIpc) is 2.59. The molecular formula is C11H16N2O4S. The Morgan fingerprint density at radius 1 is 1.56 bits per heavy atom. The lowest BCUT2D eigenvalue weighted by atomic mass is 10.4. The van der Waals surface area contributed by atoms with Crippen molar-refractivity contribution in [3.05, 3.63) is 10.6 Å². The van der Waals surface area contributed by atoms with Crippen LogP contribution in [0.3, 0.4) is 0 Å². The number of hydrogen-bond donors (Lipinski definition) is 1. The largest absolute Gasteiger partial charge is 0.477 e. The second-order valence-electron chi connectivity index (χ2n) is 3.96. The van der Waals surface area contributed by atoms with Gasteiger partial charge in [-0.15, -0.1) is 0 Å². The summed E-state index contributed by atoms with van der Waals surface area (Å²) in [5.41, 5.74) is 0.496. The van der Waals surface area contributed by atoms with Crippen LogP contribution >= 0.6 is 11.3 Å². The highest BCUT2D eigenvalue weighted by atomic mass is 32.1. The fourth-order valence-corrected chi connectivity index (χ4v) is 2.77. The summed E-state index contributed by atoms with van der Waals surface area (Å²) in [7, 11) is 1.53. The molecule has 2 rings (SSSR count). The Morgan fingerprint density at radius 3 is 3.11 bits per heavy atom. The van der Waals surface area contributed by atoms with Gasteiger partial charge in [0.1, 0.15) is 4.88 Å². The SMILES string of the molecule is COCc1nc(N2CCCOCC2)sc1C(=O)O. The number of aromatic nitrogens is 1. The number of thiazole rings is 1. The molecule has 18 heavy (non-hydrogen) atoms. The highest BCUT2D eigenvalue weighted by Gasteiger charge is 2.21. The van der Waals surface area contributed by atoms with E-state index in [-0.39, 0.29) is 11.5 Å². The Labute approximate surface area is 109 Å². The third-order valence-electron chi connectivity index (χ3n) is 2.65. The molecule has 0 bridgehead atoms. The second-order valence-corrected chi connectivity index (χ2v) is 4.94. The number of carbonyl (C=O) groups is 1. The van der Waals surface area contributed by atoms with E-state index < -0.39 is 5.97 Å². The van der Waals surface area contributed by atoms with Crippen molar-refractivity contribution in [2.45, 2.75) is 13.0 Å². The number of methoxy groups -OCH3 is 1. The molecule has 1 fully saturated rings. The van der Waals surface area contributed by atoms with Gasteiger partial charge in [0.2, 0.25) is 0 Å². The highest BCUT2D eigenvalue weighted by Crippen LogP contribution is 2.27. The Hall–Kier alpha value is -1.18. The van der Waals surface area contributed by atoms with Gasteiger partial charge in [0.05, 0.1) is 18.9 Å². The molecule has 1 aromatic rings. The number of rotatable bonds is 4. The Morgan fingerprint density at radius 2 is 2.39 bits per heavy atom. The first-order valence-corrected chi connectivity index (χ1v) is 6.58. The summed E-state index contributed by atoms with van der Waals surface area (Å²) >= 11 is 1.20. The first-order valence-electron chi connectivity index (χ1n) is 5.77. The maximum absolute atomic E-state index is 11.1. The van der Waals surface area contributed by atoms with Gasteiger partial charge in [0.15, 0.2) is 5.13 Å². The number of carboxylic acid groups (broad SMARTS) is 1. The van der Waals surface area contributed by atoms with Crippen LogP contribution in [-0.4, -0.2) is 49.5 Å². The molecule has 0 atom stereocenters. The van der Waals surface area contributed by atoms with Crippen LogP contribution in [0.1, 0.15) is 21.8 Å². The van der Waals surface area contributed by atoms with E-state index in [2.05, 4.69) is 9.88 Å². The van der Waals surface area contributed by atoms with Crippen molar-refractivity contribution in [3.63, 3.8) is 0 Å². The molecule has 7 heteroatoms. The first kappa shape index (κ1) is 13.3. The Balaban J connectivity index is 2.21. The molecule has 1 aliphatic rings. The smallest absolute Gasteiger partial charge is 0.347 e. The van der Waals surface area contributed by atoms with E-state index >= 15 is 0 Å². The van der Waals surface area contributed by atoms with Crippen LogP contribution in [0, 0.1) is 0 Å². The van der Waals surface area contributed by atoms with E-state index in [1.165, 1.54) is 18.4 Å². The maximum Gasteiger partial charge on any atom is 0.347 e. The number of ether oxygens (including phenoxy) is 2. The van der Waals surface area contributed by atoms with Crippen LogP contribution < -0.4 is 4.90 Å². The van der Waals surface area contributed by atoms with Crippen molar-refractivity contribution < 1.29 is 19.4 Å². The minimum atomic E-state index is -0.947. The summed E-state index contributed by atoms with van der Waals surface area (Å²) in [5, 5.41) is 9.87. The topological polar surface area (TPSA) is 71.9 Å². The molecule has 1 aromatic heterocycles. The number of nitrogens with zero attached hydrogens (tertiary/aromatic N) is 2. The second kappa shape index (κ2) is 6.12. The van der Waals surface area contributed by atoms with Gasteiger partial charge in [-0.25, -0.2) is 9.78 Å². The quantitative estimate of drug-likeness (QED) is 0.888. The zero-order chi connectivity index (χ0) is 13.0. The van der Waals surface area contributed by atoms with Crippen molar-refractivity contribution >= 4 is 22.4 Å². The minimum Gasteiger partial charge on any atom is -0.477 e. The molecule has 0 radical (unpaired) electrons.